The fraction of sp³-hybridized carbons (Fsp3) is 0.412. The highest BCUT2D eigenvalue weighted by molar-refractivity contribution is 6.66. The van der Waals surface area contributed by atoms with Crippen LogP contribution in [-0.2, 0) is 27.7 Å². The summed E-state index contributed by atoms with van der Waals surface area (Å²) in [6, 6.07) is 0. The minimum absolute atomic E-state index is 0.270. The summed E-state index contributed by atoms with van der Waals surface area (Å²) in [5.74, 6) is -16.9. The second kappa shape index (κ2) is 10.8. The van der Waals surface area contributed by atoms with Crippen molar-refractivity contribution in [3.8, 4) is 0 Å². The predicted molar refractivity (Wildman–Crippen MR) is 93.5 cm³/mol. The van der Waals surface area contributed by atoms with Gasteiger partial charge in [-0.15, -0.1) is 0 Å². The average molecular weight is 471 g/mol. The molecule has 1 aromatic carbocycles. The minimum atomic E-state index is -4.70. The maximum atomic E-state index is 13.8. The highest BCUT2D eigenvalue weighted by Gasteiger charge is 2.53. The van der Waals surface area contributed by atoms with Crippen LogP contribution in [0.3, 0.4) is 0 Å². The third-order valence-corrected chi connectivity index (χ3v) is 5.80. The first-order chi connectivity index (χ1) is 14.4. The van der Waals surface area contributed by atoms with Gasteiger partial charge in [-0.05, 0) is 0 Å². The van der Waals surface area contributed by atoms with Gasteiger partial charge in [-0.3, -0.25) is 19.2 Å². The first-order valence-electron chi connectivity index (χ1n) is 8.88. The molecule has 0 atom stereocenters. The topological polar surface area (TPSA) is 108 Å². The quantitative estimate of drug-likeness (QED) is 0.255. The molecule has 0 aromatic heterocycles. The second-order valence-corrected chi connectivity index (χ2v) is 8.13. The Bertz CT molecular complexity index is 822. The molecule has 0 aliphatic heterocycles. The van der Waals surface area contributed by atoms with Crippen LogP contribution in [0.25, 0.3) is 0 Å². The van der Waals surface area contributed by atoms with Crippen molar-refractivity contribution in [2.45, 2.75) is 40.0 Å². The second-order valence-electron chi connectivity index (χ2n) is 5.79. The fourth-order valence-electron chi connectivity index (χ4n) is 1.99. The lowest BCUT2D eigenvalue weighted by molar-refractivity contribution is -0.150. The molecule has 0 aliphatic carbocycles. The summed E-state index contributed by atoms with van der Waals surface area (Å²) >= 11 is 0. The van der Waals surface area contributed by atoms with Gasteiger partial charge in [0.2, 0.25) is 5.82 Å². The standard InChI is InChI=1S/C17H18F5NO7Si/c1-4-8(24)28-31(29-9(25)5-2,30-10(26)6-3)7-23-17(27)11-12(18)14(20)16(22)15(21)13(11)19/h4-7H2,1-3H3,(H,23,27). The Morgan fingerprint density at radius 3 is 1.32 bits per heavy atom. The highest BCUT2D eigenvalue weighted by Crippen LogP contribution is 2.23. The molecular formula is C17H18F5NO7Si. The van der Waals surface area contributed by atoms with Crippen molar-refractivity contribution in [2.75, 3.05) is 6.17 Å². The predicted octanol–water partition coefficient (Wildman–Crippen LogP) is 2.45. The summed E-state index contributed by atoms with van der Waals surface area (Å²) in [5.41, 5.74) is -1.83. The molecule has 0 saturated carbocycles. The Balaban J connectivity index is 3.34. The number of amides is 1. The van der Waals surface area contributed by atoms with E-state index in [2.05, 4.69) is 0 Å². The Labute approximate surface area is 174 Å². The van der Waals surface area contributed by atoms with Gasteiger partial charge in [0.25, 0.3) is 23.8 Å². The molecule has 14 heteroatoms. The van der Waals surface area contributed by atoms with Gasteiger partial charge in [0.1, 0.15) is 11.7 Å². The van der Waals surface area contributed by atoms with Gasteiger partial charge in [0.05, 0.1) is 0 Å². The van der Waals surface area contributed by atoms with Crippen LogP contribution in [-0.4, -0.2) is 38.8 Å². The van der Waals surface area contributed by atoms with Gasteiger partial charge in [0.15, 0.2) is 23.3 Å². The van der Waals surface area contributed by atoms with E-state index in [1.54, 1.807) is 5.32 Å². The maximum absolute atomic E-state index is 13.8. The monoisotopic (exact) mass is 471 g/mol. The van der Waals surface area contributed by atoms with E-state index in [0.717, 1.165) is 0 Å². The zero-order chi connectivity index (χ0) is 23.9. The average Bonchev–Trinajstić information content (AvgIpc) is 2.74. The molecular weight excluding hydrogens is 453 g/mol. The van der Waals surface area contributed by atoms with Gasteiger partial charge in [-0.2, -0.15) is 0 Å². The van der Waals surface area contributed by atoms with Gasteiger partial charge in [0, 0.05) is 19.3 Å². The van der Waals surface area contributed by atoms with Crippen LogP contribution >= 0.6 is 0 Å². The van der Waals surface area contributed by atoms with E-state index in [1.165, 1.54) is 20.8 Å². The Morgan fingerprint density at radius 1 is 0.677 bits per heavy atom. The van der Waals surface area contributed by atoms with Crippen molar-refractivity contribution < 1.29 is 54.4 Å². The molecule has 0 aliphatic rings. The largest absolute Gasteiger partial charge is 0.725 e. The normalized spacial score (nSPS) is 11.0. The number of rotatable bonds is 9. The highest BCUT2D eigenvalue weighted by atomic mass is 28.4. The first-order valence-corrected chi connectivity index (χ1v) is 10.8. The van der Waals surface area contributed by atoms with Crippen LogP contribution in [0.2, 0.25) is 0 Å². The van der Waals surface area contributed by atoms with E-state index in [9.17, 15) is 41.1 Å². The van der Waals surface area contributed by atoms with E-state index in [4.69, 9.17) is 13.3 Å². The fourth-order valence-corrected chi connectivity index (χ4v) is 4.18. The van der Waals surface area contributed by atoms with Crippen LogP contribution < -0.4 is 5.32 Å². The molecule has 172 valence electrons. The molecule has 0 radical (unpaired) electrons. The molecule has 8 nitrogen and oxygen atoms in total. The molecule has 0 heterocycles. The molecule has 0 saturated heterocycles. The summed E-state index contributed by atoms with van der Waals surface area (Å²) in [6.45, 7) is 4.04. The molecule has 0 spiro atoms. The SMILES string of the molecule is CCC(=O)O[Si](CNC(=O)c1c(F)c(F)c(F)c(F)c1F)(OC(=O)CC)OC(=O)CC. The number of hydrogen-bond donors (Lipinski definition) is 1. The number of hydrogen-bond acceptors (Lipinski definition) is 7. The summed E-state index contributed by atoms with van der Waals surface area (Å²) in [5, 5.41) is 1.74. The third-order valence-electron chi connectivity index (χ3n) is 3.58. The minimum Gasteiger partial charge on any atom is -0.454 e. The van der Waals surface area contributed by atoms with Crippen LogP contribution in [0, 0.1) is 29.1 Å². The summed E-state index contributed by atoms with van der Waals surface area (Å²) in [7, 11) is -4.70. The van der Waals surface area contributed by atoms with Crippen molar-refractivity contribution >= 4 is 32.6 Å². The number of carbonyl (C=O) groups is 4. The number of halogens is 5. The van der Waals surface area contributed by atoms with Crippen LogP contribution in [0.4, 0.5) is 22.0 Å². The van der Waals surface area contributed by atoms with E-state index in [0.29, 0.717) is 0 Å². The van der Waals surface area contributed by atoms with E-state index < -0.39 is 73.4 Å². The lowest BCUT2D eigenvalue weighted by Crippen LogP contribution is -2.58. The Kier molecular flexibility index (Phi) is 9.09. The van der Waals surface area contributed by atoms with Crippen molar-refractivity contribution in [1.29, 1.82) is 0 Å². The van der Waals surface area contributed by atoms with Crippen molar-refractivity contribution in [2.24, 2.45) is 0 Å². The van der Waals surface area contributed by atoms with E-state index in [-0.39, 0.29) is 19.3 Å². The van der Waals surface area contributed by atoms with E-state index in [1.807, 2.05) is 0 Å². The van der Waals surface area contributed by atoms with Crippen molar-refractivity contribution in [3.05, 3.63) is 34.6 Å². The lowest BCUT2D eigenvalue weighted by atomic mass is 10.1. The first kappa shape index (κ1) is 26.0. The summed E-state index contributed by atoms with van der Waals surface area (Å²) in [6.07, 6.45) is -1.89. The molecule has 1 rings (SSSR count). The van der Waals surface area contributed by atoms with Gasteiger partial charge in [-0.25, -0.2) is 22.0 Å². The zero-order valence-corrected chi connectivity index (χ0v) is 17.6. The third kappa shape index (κ3) is 6.22. The Hall–Kier alpha value is -3.03. The van der Waals surface area contributed by atoms with Crippen molar-refractivity contribution in [1.82, 2.24) is 5.32 Å². The van der Waals surface area contributed by atoms with Gasteiger partial charge in [-0.1, -0.05) is 20.8 Å². The maximum Gasteiger partial charge on any atom is 0.725 e. The molecule has 0 unspecified atom stereocenters. The molecule has 1 N–H and O–H groups in total. The van der Waals surface area contributed by atoms with Gasteiger partial charge >= 0.3 is 8.80 Å². The van der Waals surface area contributed by atoms with Crippen LogP contribution in [0.5, 0.6) is 0 Å². The Morgan fingerprint density at radius 2 is 1.00 bits per heavy atom. The number of nitrogens with one attached hydrogen (secondary N) is 1. The molecule has 31 heavy (non-hydrogen) atoms. The van der Waals surface area contributed by atoms with Crippen LogP contribution in [0.15, 0.2) is 0 Å². The molecule has 1 amide bonds. The summed E-state index contributed by atoms with van der Waals surface area (Å²) < 4.78 is 82.4. The smallest absolute Gasteiger partial charge is 0.454 e. The van der Waals surface area contributed by atoms with Gasteiger partial charge < -0.3 is 18.6 Å². The van der Waals surface area contributed by atoms with Crippen molar-refractivity contribution in [3.63, 3.8) is 0 Å². The molecule has 0 fully saturated rings. The summed E-state index contributed by atoms with van der Waals surface area (Å²) in [4.78, 5) is 47.5. The van der Waals surface area contributed by atoms with E-state index >= 15 is 0 Å². The van der Waals surface area contributed by atoms with Crippen LogP contribution in [0.1, 0.15) is 50.4 Å². The number of carbonyl (C=O) groups excluding carboxylic acids is 4. The number of benzene rings is 1. The zero-order valence-electron chi connectivity index (χ0n) is 16.6. The molecule has 1 aromatic rings. The molecule has 0 bridgehead atoms. The lowest BCUT2D eigenvalue weighted by Gasteiger charge is -2.27.